The molecule has 0 saturated carbocycles. The van der Waals surface area contributed by atoms with Crippen LogP contribution in [0.25, 0.3) is 22.0 Å². The number of aromatic nitrogens is 2. The van der Waals surface area contributed by atoms with E-state index in [2.05, 4.69) is 33.1 Å². The fourth-order valence-corrected chi connectivity index (χ4v) is 5.66. The number of hydrogen-bond acceptors (Lipinski definition) is 4. The molecule has 2 N–H and O–H groups in total. The summed E-state index contributed by atoms with van der Waals surface area (Å²) in [5.74, 6) is -0.0635. The van der Waals surface area contributed by atoms with Crippen molar-refractivity contribution in [2.45, 2.75) is 24.7 Å². The molecular formula is C27H28N4O3S. The van der Waals surface area contributed by atoms with Crippen LogP contribution >= 0.6 is 0 Å². The average Bonchev–Trinajstić information content (AvgIpc) is 3.38. The topological polar surface area (TPSA) is 95.2 Å². The number of amides is 1. The number of fused-ring (bicyclic) bond motifs is 1. The molecule has 4 aromatic rings. The van der Waals surface area contributed by atoms with Gasteiger partial charge in [-0.25, -0.2) is 13.1 Å². The number of rotatable bonds is 6. The Kier molecular flexibility index (Phi) is 6.40. The molecule has 1 amide bonds. The quantitative estimate of drug-likeness (QED) is 0.421. The highest BCUT2D eigenvalue weighted by atomic mass is 32.2. The minimum atomic E-state index is -3.58. The molecule has 7 nitrogen and oxygen atoms in total. The number of sulfonamides is 1. The van der Waals surface area contributed by atoms with E-state index < -0.39 is 10.0 Å². The third-order valence-electron chi connectivity index (χ3n) is 6.55. The molecule has 1 unspecified atom stereocenters. The highest BCUT2D eigenvalue weighted by Crippen LogP contribution is 2.25. The number of nitrogens with zero attached hydrogens (tertiary/aromatic N) is 2. The summed E-state index contributed by atoms with van der Waals surface area (Å²) >= 11 is 0. The summed E-state index contributed by atoms with van der Waals surface area (Å²) in [5, 5.41) is 9.54. The summed E-state index contributed by atoms with van der Waals surface area (Å²) in [7, 11) is -3.58. The molecule has 1 atom stereocenters. The smallest absolute Gasteiger partial charge is 0.271 e. The van der Waals surface area contributed by atoms with Crippen molar-refractivity contribution in [3.8, 4) is 11.3 Å². The summed E-state index contributed by atoms with van der Waals surface area (Å²) in [6.07, 6.45) is 1.69. The van der Waals surface area contributed by atoms with E-state index in [-0.39, 0.29) is 16.7 Å². The Morgan fingerprint density at radius 1 is 1.06 bits per heavy atom. The van der Waals surface area contributed by atoms with Crippen LogP contribution in [0.1, 0.15) is 28.9 Å². The predicted molar refractivity (Wildman–Crippen MR) is 137 cm³/mol. The van der Waals surface area contributed by atoms with Crippen molar-refractivity contribution < 1.29 is 13.2 Å². The van der Waals surface area contributed by atoms with E-state index >= 15 is 0 Å². The normalized spacial score (nSPS) is 16.5. The minimum Gasteiger partial charge on any atom is -0.337 e. The van der Waals surface area contributed by atoms with Gasteiger partial charge in [-0.2, -0.15) is 5.10 Å². The number of piperidine rings is 1. The van der Waals surface area contributed by atoms with Crippen molar-refractivity contribution in [2.75, 3.05) is 19.6 Å². The second-order valence-electron chi connectivity index (χ2n) is 9.15. The second kappa shape index (κ2) is 9.64. The molecule has 5 rings (SSSR count). The lowest BCUT2D eigenvalue weighted by Crippen LogP contribution is -2.43. The van der Waals surface area contributed by atoms with Gasteiger partial charge in [0.25, 0.3) is 5.91 Å². The fourth-order valence-electron chi connectivity index (χ4n) is 4.54. The third kappa shape index (κ3) is 5.13. The van der Waals surface area contributed by atoms with Crippen molar-refractivity contribution >= 4 is 26.7 Å². The summed E-state index contributed by atoms with van der Waals surface area (Å²) < 4.78 is 28.0. The van der Waals surface area contributed by atoms with Crippen molar-refractivity contribution in [2.24, 2.45) is 5.92 Å². The Bertz CT molecular complexity index is 1460. The lowest BCUT2D eigenvalue weighted by atomic mass is 9.98. The molecule has 3 aromatic carbocycles. The molecular weight excluding hydrogens is 460 g/mol. The van der Waals surface area contributed by atoms with E-state index in [0.717, 1.165) is 40.4 Å². The second-order valence-corrected chi connectivity index (χ2v) is 10.9. The van der Waals surface area contributed by atoms with E-state index in [9.17, 15) is 13.2 Å². The summed E-state index contributed by atoms with van der Waals surface area (Å²) in [5.41, 5.74) is 3.11. The van der Waals surface area contributed by atoms with Crippen LogP contribution in [0.2, 0.25) is 0 Å². The van der Waals surface area contributed by atoms with Crippen LogP contribution in [0.15, 0.2) is 77.7 Å². The zero-order valence-electron chi connectivity index (χ0n) is 19.6. The molecule has 1 aliphatic heterocycles. The van der Waals surface area contributed by atoms with Gasteiger partial charge >= 0.3 is 0 Å². The number of H-pyrrole nitrogens is 1. The number of benzene rings is 3. The molecule has 1 aliphatic rings. The van der Waals surface area contributed by atoms with Gasteiger partial charge in [0.2, 0.25) is 10.0 Å². The zero-order valence-corrected chi connectivity index (χ0v) is 20.4. The van der Waals surface area contributed by atoms with Gasteiger partial charge in [0.05, 0.1) is 10.6 Å². The predicted octanol–water partition coefficient (Wildman–Crippen LogP) is 4.37. The summed E-state index contributed by atoms with van der Waals surface area (Å²) in [6, 6.07) is 22.8. The maximum Gasteiger partial charge on any atom is 0.271 e. The van der Waals surface area contributed by atoms with Gasteiger partial charge in [-0.3, -0.25) is 9.89 Å². The van der Waals surface area contributed by atoms with Crippen LogP contribution < -0.4 is 4.72 Å². The van der Waals surface area contributed by atoms with Crippen LogP contribution in [0.4, 0.5) is 0 Å². The molecule has 180 valence electrons. The number of hydrogen-bond donors (Lipinski definition) is 2. The molecule has 1 fully saturated rings. The van der Waals surface area contributed by atoms with Gasteiger partial charge in [-0.15, -0.1) is 0 Å². The van der Waals surface area contributed by atoms with Crippen molar-refractivity contribution in [1.29, 1.82) is 0 Å². The molecule has 0 spiro atoms. The standard InChI is InChI=1S/C27H28N4O3S/c1-19-8-12-24(13-9-19)35(33,34)28-17-20-5-4-14-31(18-20)27(32)26-16-25(29-30-26)23-11-10-21-6-2-3-7-22(21)15-23/h2-3,6-13,15-16,20,28H,4-5,14,17-18H2,1H3,(H,29,30). The average molecular weight is 489 g/mol. The maximum atomic E-state index is 13.2. The molecule has 0 bridgehead atoms. The first kappa shape index (κ1) is 23.3. The van der Waals surface area contributed by atoms with Crippen LogP contribution in [0, 0.1) is 12.8 Å². The van der Waals surface area contributed by atoms with Gasteiger partial charge in [0.15, 0.2) is 0 Å². The molecule has 1 aromatic heterocycles. The SMILES string of the molecule is Cc1ccc(S(=O)(=O)NCC2CCCN(C(=O)c3cc(-c4ccc5ccccc5c4)n[nH]3)C2)cc1. The number of aromatic amines is 1. The van der Waals surface area contributed by atoms with Crippen LogP contribution in [0.5, 0.6) is 0 Å². The Balaban J connectivity index is 1.24. The van der Waals surface area contributed by atoms with Gasteiger partial charge in [-0.05, 0) is 60.7 Å². The van der Waals surface area contributed by atoms with E-state index in [4.69, 9.17) is 0 Å². The van der Waals surface area contributed by atoms with Gasteiger partial charge in [-0.1, -0.05) is 54.1 Å². The first-order valence-corrected chi connectivity index (χ1v) is 13.3. The van der Waals surface area contributed by atoms with Crippen molar-refractivity contribution in [3.63, 3.8) is 0 Å². The lowest BCUT2D eigenvalue weighted by molar-refractivity contribution is 0.0670. The van der Waals surface area contributed by atoms with E-state index in [1.54, 1.807) is 35.2 Å². The monoisotopic (exact) mass is 488 g/mol. The number of nitrogens with one attached hydrogen (secondary N) is 2. The third-order valence-corrected chi connectivity index (χ3v) is 7.99. The molecule has 8 heteroatoms. The van der Waals surface area contributed by atoms with Gasteiger partial charge in [0, 0.05) is 25.2 Å². The van der Waals surface area contributed by atoms with E-state index in [0.29, 0.717) is 25.3 Å². The number of carbonyl (C=O) groups excluding carboxylic acids is 1. The zero-order chi connectivity index (χ0) is 24.4. The van der Waals surface area contributed by atoms with Crippen LogP contribution in [-0.2, 0) is 10.0 Å². The largest absolute Gasteiger partial charge is 0.337 e. The van der Waals surface area contributed by atoms with E-state index in [1.165, 1.54) is 0 Å². The minimum absolute atomic E-state index is 0.0517. The van der Waals surface area contributed by atoms with Gasteiger partial charge in [0.1, 0.15) is 5.69 Å². The Morgan fingerprint density at radius 3 is 2.63 bits per heavy atom. The van der Waals surface area contributed by atoms with Crippen LogP contribution in [-0.4, -0.2) is 49.1 Å². The molecule has 2 heterocycles. The number of carbonyl (C=O) groups is 1. The first-order chi connectivity index (χ1) is 16.9. The Labute approximate surface area is 205 Å². The molecule has 0 aliphatic carbocycles. The number of likely N-dealkylation sites (tertiary alicyclic amines) is 1. The number of aryl methyl sites for hydroxylation is 1. The maximum absolute atomic E-state index is 13.2. The van der Waals surface area contributed by atoms with E-state index in [1.807, 2.05) is 31.2 Å². The van der Waals surface area contributed by atoms with Gasteiger partial charge < -0.3 is 4.90 Å². The highest BCUT2D eigenvalue weighted by molar-refractivity contribution is 7.89. The Morgan fingerprint density at radius 2 is 1.83 bits per heavy atom. The summed E-state index contributed by atoms with van der Waals surface area (Å²) in [4.78, 5) is 15.2. The van der Waals surface area contributed by atoms with Crippen molar-refractivity contribution in [3.05, 3.63) is 84.1 Å². The summed E-state index contributed by atoms with van der Waals surface area (Å²) in [6.45, 7) is 3.36. The van der Waals surface area contributed by atoms with Crippen molar-refractivity contribution in [1.82, 2.24) is 19.8 Å². The molecule has 35 heavy (non-hydrogen) atoms. The molecule has 0 radical (unpaired) electrons. The Hall–Kier alpha value is -3.49. The fraction of sp³-hybridized carbons (Fsp3) is 0.259. The molecule has 1 saturated heterocycles. The van der Waals surface area contributed by atoms with Crippen LogP contribution in [0.3, 0.4) is 0 Å². The highest BCUT2D eigenvalue weighted by Gasteiger charge is 2.27. The first-order valence-electron chi connectivity index (χ1n) is 11.8. The lowest BCUT2D eigenvalue weighted by Gasteiger charge is -2.32.